The molecule has 1 aromatic carbocycles. The molecule has 1 N–H and O–H groups in total. The van der Waals surface area contributed by atoms with Crippen LogP contribution in [0.25, 0.3) is 0 Å². The molecule has 0 radical (unpaired) electrons. The Morgan fingerprint density at radius 3 is 2.65 bits per heavy atom. The molecule has 26 heavy (non-hydrogen) atoms. The SMILES string of the molecule is CN(C)c1cncc(N2C(=O)NC3(CC(c4ccccc4Cl)C3)C2=O)c1. The van der Waals surface area contributed by atoms with Crippen molar-refractivity contribution in [2.24, 2.45) is 0 Å². The van der Waals surface area contributed by atoms with Crippen molar-refractivity contribution < 1.29 is 9.59 Å². The van der Waals surface area contributed by atoms with Crippen LogP contribution in [0.5, 0.6) is 0 Å². The Morgan fingerprint density at radius 1 is 1.23 bits per heavy atom. The minimum absolute atomic E-state index is 0.166. The third-order valence-electron chi connectivity index (χ3n) is 5.18. The number of rotatable bonds is 3. The monoisotopic (exact) mass is 370 g/mol. The summed E-state index contributed by atoms with van der Waals surface area (Å²) in [6.45, 7) is 0. The van der Waals surface area contributed by atoms with Crippen molar-refractivity contribution in [3.63, 3.8) is 0 Å². The van der Waals surface area contributed by atoms with Crippen LogP contribution >= 0.6 is 11.6 Å². The number of benzene rings is 1. The van der Waals surface area contributed by atoms with Crippen LogP contribution in [-0.4, -0.2) is 36.6 Å². The minimum atomic E-state index is -0.838. The Bertz CT molecular complexity index is 893. The van der Waals surface area contributed by atoms with Crippen LogP contribution in [0.4, 0.5) is 16.2 Å². The highest BCUT2D eigenvalue weighted by Crippen LogP contribution is 2.49. The number of halogens is 1. The first-order valence-corrected chi connectivity index (χ1v) is 8.82. The van der Waals surface area contributed by atoms with Crippen molar-refractivity contribution in [2.45, 2.75) is 24.3 Å². The summed E-state index contributed by atoms with van der Waals surface area (Å²) in [5.74, 6) is -0.0531. The lowest BCUT2D eigenvalue weighted by Gasteiger charge is -2.43. The number of imide groups is 1. The molecule has 1 spiro atoms. The summed E-state index contributed by atoms with van der Waals surface area (Å²) in [7, 11) is 3.77. The quantitative estimate of drug-likeness (QED) is 0.843. The van der Waals surface area contributed by atoms with Gasteiger partial charge in [0.2, 0.25) is 0 Å². The van der Waals surface area contributed by atoms with Gasteiger partial charge in [-0.3, -0.25) is 9.78 Å². The molecular weight excluding hydrogens is 352 g/mol. The van der Waals surface area contributed by atoms with Gasteiger partial charge in [-0.2, -0.15) is 0 Å². The van der Waals surface area contributed by atoms with Gasteiger partial charge in [-0.25, -0.2) is 9.69 Å². The lowest BCUT2D eigenvalue weighted by molar-refractivity contribution is -0.125. The molecule has 4 rings (SSSR count). The van der Waals surface area contributed by atoms with Crippen molar-refractivity contribution in [1.29, 1.82) is 0 Å². The smallest absolute Gasteiger partial charge is 0.329 e. The first-order valence-electron chi connectivity index (χ1n) is 8.45. The van der Waals surface area contributed by atoms with Gasteiger partial charge in [0.05, 0.1) is 23.8 Å². The van der Waals surface area contributed by atoms with Gasteiger partial charge in [0.1, 0.15) is 5.54 Å². The molecule has 0 bridgehead atoms. The Kier molecular flexibility index (Phi) is 3.88. The number of carbonyl (C=O) groups is 2. The molecule has 2 fully saturated rings. The molecule has 134 valence electrons. The predicted molar refractivity (Wildman–Crippen MR) is 101 cm³/mol. The van der Waals surface area contributed by atoms with E-state index in [1.807, 2.05) is 43.3 Å². The normalized spacial score (nSPS) is 24.6. The van der Waals surface area contributed by atoms with Gasteiger partial charge in [-0.15, -0.1) is 0 Å². The second-order valence-electron chi connectivity index (χ2n) is 7.08. The van der Waals surface area contributed by atoms with E-state index in [9.17, 15) is 9.59 Å². The zero-order valence-electron chi connectivity index (χ0n) is 14.6. The van der Waals surface area contributed by atoms with E-state index >= 15 is 0 Å². The maximum Gasteiger partial charge on any atom is 0.329 e. The van der Waals surface area contributed by atoms with Crippen LogP contribution in [0.3, 0.4) is 0 Å². The molecule has 0 atom stereocenters. The number of carbonyl (C=O) groups excluding carboxylic acids is 2. The van der Waals surface area contributed by atoms with Gasteiger partial charge in [-0.05, 0) is 36.5 Å². The van der Waals surface area contributed by atoms with E-state index in [4.69, 9.17) is 11.6 Å². The Morgan fingerprint density at radius 2 is 1.96 bits per heavy atom. The first-order chi connectivity index (χ1) is 12.4. The zero-order valence-corrected chi connectivity index (χ0v) is 15.3. The highest BCUT2D eigenvalue weighted by molar-refractivity contribution is 6.31. The summed E-state index contributed by atoms with van der Waals surface area (Å²) >= 11 is 6.27. The van der Waals surface area contributed by atoms with Gasteiger partial charge in [0.25, 0.3) is 5.91 Å². The van der Waals surface area contributed by atoms with Crippen molar-refractivity contribution in [3.05, 3.63) is 53.3 Å². The molecule has 0 unspecified atom stereocenters. The van der Waals surface area contributed by atoms with Crippen LogP contribution < -0.4 is 15.1 Å². The number of nitrogens with one attached hydrogen (secondary N) is 1. The second-order valence-corrected chi connectivity index (χ2v) is 7.48. The highest BCUT2D eigenvalue weighted by Gasteiger charge is 2.59. The maximum atomic E-state index is 13.0. The average molecular weight is 371 g/mol. The maximum absolute atomic E-state index is 13.0. The summed E-state index contributed by atoms with van der Waals surface area (Å²) in [6, 6.07) is 9.03. The molecule has 1 aliphatic carbocycles. The van der Waals surface area contributed by atoms with Crippen molar-refractivity contribution in [2.75, 3.05) is 23.9 Å². The molecule has 1 saturated heterocycles. The molecule has 1 aromatic heterocycles. The van der Waals surface area contributed by atoms with Crippen molar-refractivity contribution >= 4 is 34.9 Å². The molecule has 2 aromatic rings. The van der Waals surface area contributed by atoms with E-state index in [2.05, 4.69) is 10.3 Å². The van der Waals surface area contributed by atoms with E-state index in [0.29, 0.717) is 23.6 Å². The molecule has 1 saturated carbocycles. The molecule has 1 aliphatic heterocycles. The number of urea groups is 1. The van der Waals surface area contributed by atoms with Crippen LogP contribution in [0.15, 0.2) is 42.7 Å². The molecule has 7 heteroatoms. The van der Waals surface area contributed by atoms with Gasteiger partial charge >= 0.3 is 6.03 Å². The van der Waals surface area contributed by atoms with Crippen LogP contribution in [0, 0.1) is 0 Å². The van der Waals surface area contributed by atoms with E-state index in [0.717, 1.165) is 11.3 Å². The molecule has 3 amide bonds. The number of pyridine rings is 1. The lowest BCUT2D eigenvalue weighted by Crippen LogP contribution is -2.56. The van der Waals surface area contributed by atoms with Crippen LogP contribution in [-0.2, 0) is 4.79 Å². The van der Waals surface area contributed by atoms with Gasteiger partial charge in [0.15, 0.2) is 0 Å². The van der Waals surface area contributed by atoms with Gasteiger partial charge < -0.3 is 10.2 Å². The summed E-state index contributed by atoms with van der Waals surface area (Å²) in [5.41, 5.74) is 1.50. The van der Waals surface area contributed by atoms with E-state index in [-0.39, 0.29) is 11.8 Å². The fourth-order valence-electron chi connectivity index (χ4n) is 3.72. The molecule has 2 aliphatic rings. The molecular formula is C19H19ClN4O2. The topological polar surface area (TPSA) is 65.5 Å². The minimum Gasteiger partial charge on any atom is -0.376 e. The number of nitrogens with zero attached hydrogens (tertiary/aromatic N) is 3. The molecule has 6 nitrogen and oxygen atoms in total. The van der Waals surface area contributed by atoms with E-state index < -0.39 is 11.6 Å². The first kappa shape index (κ1) is 16.8. The summed E-state index contributed by atoms with van der Waals surface area (Å²) in [4.78, 5) is 32.8. The number of aromatic nitrogens is 1. The summed E-state index contributed by atoms with van der Waals surface area (Å²) < 4.78 is 0. The van der Waals surface area contributed by atoms with E-state index in [1.165, 1.54) is 11.1 Å². The Hall–Kier alpha value is -2.60. The van der Waals surface area contributed by atoms with Crippen LogP contribution in [0.1, 0.15) is 24.3 Å². The second kappa shape index (κ2) is 5.99. The standard InChI is InChI=1S/C19H19ClN4O2/c1-23(2)13-7-14(11-21-10-13)24-17(25)19(22-18(24)26)8-12(9-19)15-5-3-4-6-16(15)20/h3-7,10-12H,8-9H2,1-2H3,(H,22,26). The number of amides is 3. The van der Waals surface area contributed by atoms with Gasteiger partial charge in [-0.1, -0.05) is 29.8 Å². The third kappa shape index (κ3) is 2.52. The molecule has 2 heterocycles. The lowest BCUT2D eigenvalue weighted by atomic mass is 9.65. The summed E-state index contributed by atoms with van der Waals surface area (Å²) in [6.07, 6.45) is 4.33. The van der Waals surface area contributed by atoms with Gasteiger partial charge in [0, 0.05) is 19.1 Å². The summed E-state index contributed by atoms with van der Waals surface area (Å²) in [5, 5.41) is 3.58. The largest absolute Gasteiger partial charge is 0.376 e. The average Bonchev–Trinajstić information content (AvgIpc) is 2.85. The highest BCUT2D eigenvalue weighted by atomic mass is 35.5. The fraction of sp³-hybridized carbons (Fsp3) is 0.316. The number of anilines is 2. The van der Waals surface area contributed by atoms with Crippen molar-refractivity contribution in [3.8, 4) is 0 Å². The predicted octanol–water partition coefficient (Wildman–Crippen LogP) is 3.17. The third-order valence-corrected chi connectivity index (χ3v) is 5.52. The fourth-order valence-corrected chi connectivity index (χ4v) is 4.01. The zero-order chi connectivity index (χ0) is 18.5. The Labute approximate surface area is 156 Å². The number of hydrogen-bond donors (Lipinski definition) is 1. The number of hydrogen-bond acceptors (Lipinski definition) is 4. The van der Waals surface area contributed by atoms with Crippen LogP contribution in [0.2, 0.25) is 5.02 Å². The van der Waals surface area contributed by atoms with E-state index in [1.54, 1.807) is 12.3 Å². The Balaban J connectivity index is 1.58. The van der Waals surface area contributed by atoms with Crippen molar-refractivity contribution in [1.82, 2.24) is 10.3 Å².